The first-order valence-electron chi connectivity index (χ1n) is 5.14. The normalized spacial score (nSPS) is 10.2. The lowest BCUT2D eigenvalue weighted by atomic mass is 10.2. The molecule has 1 amide bonds. The summed E-state index contributed by atoms with van der Waals surface area (Å²) in [5.41, 5.74) is 8.71. The van der Waals surface area contributed by atoms with Gasteiger partial charge in [0.05, 0.1) is 17.4 Å². The quantitative estimate of drug-likeness (QED) is 0.857. The number of anilines is 2. The minimum absolute atomic E-state index is 0.135. The molecule has 0 aliphatic heterocycles. The average molecular weight is 247 g/mol. The highest BCUT2D eigenvalue weighted by molar-refractivity contribution is 7.08. The molecular formula is C12H13N3OS. The molecule has 0 fully saturated rings. The van der Waals surface area contributed by atoms with Gasteiger partial charge in [-0.25, -0.2) is 4.98 Å². The highest BCUT2D eigenvalue weighted by atomic mass is 32.1. The van der Waals surface area contributed by atoms with Crippen LogP contribution >= 0.6 is 11.3 Å². The van der Waals surface area contributed by atoms with Gasteiger partial charge in [-0.3, -0.25) is 4.79 Å². The summed E-state index contributed by atoms with van der Waals surface area (Å²) in [6.45, 7) is 3.77. The molecule has 0 saturated carbocycles. The number of amides is 1. The number of aryl methyl sites for hydroxylation is 2. The van der Waals surface area contributed by atoms with E-state index >= 15 is 0 Å². The second-order valence-corrected chi connectivity index (χ2v) is 4.60. The van der Waals surface area contributed by atoms with Crippen LogP contribution in [0.15, 0.2) is 23.0 Å². The molecule has 0 bridgehead atoms. The largest absolute Gasteiger partial charge is 0.397 e. The fourth-order valence-electron chi connectivity index (χ4n) is 1.50. The second-order valence-electron chi connectivity index (χ2n) is 3.86. The summed E-state index contributed by atoms with van der Waals surface area (Å²) >= 11 is 1.51. The molecule has 2 aromatic heterocycles. The van der Waals surface area contributed by atoms with Gasteiger partial charge < -0.3 is 11.1 Å². The van der Waals surface area contributed by atoms with E-state index in [1.807, 2.05) is 24.6 Å². The maximum atomic E-state index is 12.0. The summed E-state index contributed by atoms with van der Waals surface area (Å²) in [7, 11) is 0. The molecule has 88 valence electrons. The van der Waals surface area contributed by atoms with Gasteiger partial charge in [-0.05, 0) is 36.4 Å². The Hall–Kier alpha value is -1.88. The van der Waals surface area contributed by atoms with Crippen LogP contribution in [0.25, 0.3) is 0 Å². The van der Waals surface area contributed by atoms with Crippen LogP contribution in [0.3, 0.4) is 0 Å². The van der Waals surface area contributed by atoms with E-state index in [9.17, 15) is 4.79 Å². The summed E-state index contributed by atoms with van der Waals surface area (Å²) in [4.78, 5) is 16.1. The highest BCUT2D eigenvalue weighted by Crippen LogP contribution is 2.18. The Kier molecular flexibility index (Phi) is 3.10. The van der Waals surface area contributed by atoms with Crippen LogP contribution in [-0.2, 0) is 0 Å². The maximum absolute atomic E-state index is 12.0. The van der Waals surface area contributed by atoms with Gasteiger partial charge in [0.15, 0.2) is 0 Å². The molecule has 17 heavy (non-hydrogen) atoms. The molecule has 3 N–H and O–H groups in total. The minimum atomic E-state index is -0.135. The molecule has 2 aromatic rings. The second kappa shape index (κ2) is 4.55. The molecule has 0 spiro atoms. The van der Waals surface area contributed by atoms with Crippen molar-refractivity contribution in [1.29, 1.82) is 0 Å². The zero-order valence-corrected chi connectivity index (χ0v) is 10.5. The van der Waals surface area contributed by atoms with Gasteiger partial charge in [0.25, 0.3) is 5.91 Å². The number of nitrogen functional groups attached to an aromatic ring is 1. The molecule has 0 saturated heterocycles. The summed E-state index contributed by atoms with van der Waals surface area (Å²) < 4.78 is 0. The Morgan fingerprint density at radius 3 is 2.71 bits per heavy atom. The summed E-state index contributed by atoms with van der Waals surface area (Å²) in [6.07, 6.45) is 1.53. The van der Waals surface area contributed by atoms with E-state index < -0.39 is 0 Å². The van der Waals surface area contributed by atoms with E-state index in [1.165, 1.54) is 17.5 Å². The molecule has 5 heteroatoms. The molecule has 0 aromatic carbocycles. The van der Waals surface area contributed by atoms with Crippen molar-refractivity contribution in [3.8, 4) is 0 Å². The number of pyridine rings is 1. The number of nitrogens with two attached hydrogens (primary N) is 1. The van der Waals surface area contributed by atoms with Crippen molar-refractivity contribution < 1.29 is 4.79 Å². The molecule has 0 radical (unpaired) electrons. The SMILES string of the molecule is Cc1cscc1C(=O)Nc1ncc(N)cc1C. The fourth-order valence-corrected chi connectivity index (χ4v) is 2.32. The predicted octanol–water partition coefficient (Wildman–Crippen LogP) is 2.59. The molecule has 0 aliphatic carbocycles. The first-order valence-corrected chi connectivity index (χ1v) is 6.08. The van der Waals surface area contributed by atoms with Gasteiger partial charge in [-0.15, -0.1) is 0 Å². The van der Waals surface area contributed by atoms with Crippen molar-refractivity contribution in [2.24, 2.45) is 0 Å². The number of carbonyl (C=O) groups is 1. The van der Waals surface area contributed by atoms with Crippen molar-refractivity contribution >= 4 is 28.7 Å². The minimum Gasteiger partial charge on any atom is -0.397 e. The number of carbonyl (C=O) groups excluding carboxylic acids is 1. The van der Waals surface area contributed by atoms with E-state index in [1.54, 1.807) is 6.07 Å². The molecule has 0 unspecified atom stereocenters. The topological polar surface area (TPSA) is 68.0 Å². The first kappa shape index (κ1) is 11.6. The third kappa shape index (κ3) is 2.45. The first-order chi connectivity index (χ1) is 8.08. The lowest BCUT2D eigenvalue weighted by Crippen LogP contribution is -2.14. The van der Waals surface area contributed by atoms with Crippen LogP contribution in [0.4, 0.5) is 11.5 Å². The van der Waals surface area contributed by atoms with Gasteiger partial charge >= 0.3 is 0 Å². The number of nitrogens with one attached hydrogen (secondary N) is 1. The molecule has 2 rings (SSSR count). The zero-order valence-electron chi connectivity index (χ0n) is 9.65. The molecule has 4 nitrogen and oxygen atoms in total. The van der Waals surface area contributed by atoms with Gasteiger partial charge in [0.1, 0.15) is 5.82 Å². The van der Waals surface area contributed by atoms with Crippen molar-refractivity contribution in [1.82, 2.24) is 4.98 Å². The third-order valence-electron chi connectivity index (χ3n) is 2.43. The Balaban J connectivity index is 2.22. The van der Waals surface area contributed by atoms with Crippen LogP contribution in [-0.4, -0.2) is 10.9 Å². The summed E-state index contributed by atoms with van der Waals surface area (Å²) in [5.74, 6) is 0.416. The maximum Gasteiger partial charge on any atom is 0.257 e. The van der Waals surface area contributed by atoms with Crippen molar-refractivity contribution in [2.45, 2.75) is 13.8 Å². The standard InChI is InChI=1S/C12H13N3OS/c1-7-3-9(13)4-14-11(7)15-12(16)10-6-17-5-8(10)2/h3-6H,13H2,1-2H3,(H,14,15,16). The number of nitrogens with zero attached hydrogens (tertiary/aromatic N) is 1. The summed E-state index contributed by atoms with van der Waals surface area (Å²) in [5, 5.41) is 6.56. The monoisotopic (exact) mass is 247 g/mol. The fraction of sp³-hybridized carbons (Fsp3) is 0.167. The van der Waals surface area contributed by atoms with Crippen LogP contribution in [0, 0.1) is 13.8 Å². The number of rotatable bonds is 2. The smallest absolute Gasteiger partial charge is 0.257 e. The Morgan fingerprint density at radius 2 is 2.12 bits per heavy atom. The lowest BCUT2D eigenvalue weighted by molar-refractivity contribution is 0.102. The van der Waals surface area contributed by atoms with Crippen molar-refractivity contribution in [2.75, 3.05) is 11.1 Å². The van der Waals surface area contributed by atoms with Gasteiger partial charge in [-0.1, -0.05) is 0 Å². The number of hydrogen-bond acceptors (Lipinski definition) is 4. The van der Waals surface area contributed by atoms with Crippen LogP contribution < -0.4 is 11.1 Å². The van der Waals surface area contributed by atoms with Gasteiger partial charge in [0, 0.05) is 5.38 Å². The van der Waals surface area contributed by atoms with E-state index in [0.717, 1.165) is 11.1 Å². The van der Waals surface area contributed by atoms with Gasteiger partial charge in [0.2, 0.25) is 0 Å². The van der Waals surface area contributed by atoms with Crippen molar-refractivity contribution in [3.63, 3.8) is 0 Å². The van der Waals surface area contributed by atoms with E-state index in [0.29, 0.717) is 17.1 Å². The van der Waals surface area contributed by atoms with E-state index in [2.05, 4.69) is 10.3 Å². The van der Waals surface area contributed by atoms with E-state index in [-0.39, 0.29) is 5.91 Å². The van der Waals surface area contributed by atoms with E-state index in [4.69, 9.17) is 5.73 Å². The summed E-state index contributed by atoms with van der Waals surface area (Å²) in [6, 6.07) is 1.78. The number of aromatic nitrogens is 1. The Morgan fingerprint density at radius 1 is 1.35 bits per heavy atom. The van der Waals surface area contributed by atoms with Gasteiger partial charge in [-0.2, -0.15) is 11.3 Å². The molecule has 2 heterocycles. The number of thiophene rings is 1. The molecule has 0 atom stereocenters. The lowest BCUT2D eigenvalue weighted by Gasteiger charge is -2.07. The predicted molar refractivity (Wildman–Crippen MR) is 70.4 cm³/mol. The Labute approximate surface area is 103 Å². The van der Waals surface area contributed by atoms with Crippen LogP contribution in [0.5, 0.6) is 0 Å². The van der Waals surface area contributed by atoms with Crippen molar-refractivity contribution in [3.05, 3.63) is 39.7 Å². The number of hydrogen-bond donors (Lipinski definition) is 2. The molecular weight excluding hydrogens is 234 g/mol. The van der Waals surface area contributed by atoms with Crippen LogP contribution in [0.1, 0.15) is 21.5 Å². The Bertz CT molecular complexity index is 563. The zero-order chi connectivity index (χ0) is 12.4. The third-order valence-corrected chi connectivity index (χ3v) is 3.29. The average Bonchev–Trinajstić information content (AvgIpc) is 2.68. The van der Waals surface area contributed by atoms with Crippen LogP contribution in [0.2, 0.25) is 0 Å². The molecule has 0 aliphatic rings. The highest BCUT2D eigenvalue weighted by Gasteiger charge is 2.11.